The Morgan fingerprint density at radius 1 is 0.833 bits per heavy atom. The van der Waals surface area contributed by atoms with Crippen LogP contribution in [0.4, 0.5) is 4.39 Å². The number of rotatable bonds is 3. The number of amides is 1. The molecule has 154 valence electrons. The third kappa shape index (κ3) is 3.20. The lowest BCUT2D eigenvalue weighted by atomic mass is 9.92. The Labute approximate surface area is 173 Å². The van der Waals surface area contributed by atoms with Crippen molar-refractivity contribution in [2.24, 2.45) is 0 Å². The van der Waals surface area contributed by atoms with Gasteiger partial charge in [0.25, 0.3) is 15.9 Å². The molecule has 1 heterocycles. The van der Waals surface area contributed by atoms with Crippen LogP contribution < -0.4 is 0 Å². The first-order valence-corrected chi connectivity index (χ1v) is 12.1. The summed E-state index contributed by atoms with van der Waals surface area (Å²) in [6, 6.07) is 14.5. The van der Waals surface area contributed by atoms with Crippen LogP contribution in [0.5, 0.6) is 0 Å². The summed E-state index contributed by atoms with van der Waals surface area (Å²) in [5.74, 6) is -1.08. The molecule has 1 aliphatic heterocycles. The molecule has 0 unspecified atom stereocenters. The third-order valence-electron chi connectivity index (χ3n) is 5.02. The molecule has 6 nitrogen and oxygen atoms in total. The van der Waals surface area contributed by atoms with Crippen LogP contribution in [0.1, 0.15) is 10.4 Å². The monoisotopic (exact) mass is 445 g/mol. The molecule has 1 amide bonds. The lowest BCUT2D eigenvalue weighted by Crippen LogP contribution is -2.24. The van der Waals surface area contributed by atoms with Crippen molar-refractivity contribution in [2.45, 2.75) is 9.79 Å². The van der Waals surface area contributed by atoms with E-state index in [9.17, 15) is 26.0 Å². The fraction of sp³-hybridized carbons (Fsp3) is 0.0952. The van der Waals surface area contributed by atoms with Gasteiger partial charge in [-0.1, -0.05) is 24.3 Å². The van der Waals surface area contributed by atoms with Crippen molar-refractivity contribution in [3.05, 3.63) is 72.0 Å². The Bertz CT molecular complexity index is 1400. The van der Waals surface area contributed by atoms with Crippen molar-refractivity contribution >= 4 is 25.8 Å². The lowest BCUT2D eigenvalue weighted by Gasteiger charge is -2.13. The van der Waals surface area contributed by atoms with Crippen LogP contribution in [-0.2, 0) is 19.9 Å². The highest BCUT2D eigenvalue weighted by Gasteiger charge is 2.39. The van der Waals surface area contributed by atoms with Gasteiger partial charge in [0.15, 0.2) is 9.84 Å². The molecule has 0 saturated carbocycles. The maximum absolute atomic E-state index is 13.4. The Hall–Kier alpha value is -3.04. The number of nitrogens with zero attached hydrogens (tertiary/aromatic N) is 1. The van der Waals surface area contributed by atoms with Crippen molar-refractivity contribution in [3.63, 3.8) is 0 Å². The maximum Gasteiger partial charge on any atom is 0.268 e. The topological polar surface area (TPSA) is 88.6 Å². The van der Waals surface area contributed by atoms with Crippen LogP contribution >= 0.6 is 0 Å². The number of carbonyl (C=O) groups is 1. The van der Waals surface area contributed by atoms with Crippen molar-refractivity contribution in [1.29, 1.82) is 0 Å². The lowest BCUT2D eigenvalue weighted by molar-refractivity contribution is 0.0891. The second-order valence-electron chi connectivity index (χ2n) is 6.98. The smallest absolute Gasteiger partial charge is 0.268 e. The van der Waals surface area contributed by atoms with Crippen LogP contribution in [0.25, 0.3) is 22.3 Å². The molecule has 30 heavy (non-hydrogen) atoms. The minimum atomic E-state index is -3.97. The molecule has 3 aromatic rings. The highest BCUT2D eigenvalue weighted by atomic mass is 32.2. The number of hydrogen-bond acceptors (Lipinski definition) is 5. The average Bonchev–Trinajstić information content (AvgIpc) is 2.87. The predicted molar refractivity (Wildman–Crippen MR) is 110 cm³/mol. The molecular weight excluding hydrogens is 429 g/mol. The van der Waals surface area contributed by atoms with E-state index in [0.29, 0.717) is 26.6 Å². The summed E-state index contributed by atoms with van der Waals surface area (Å²) in [6.45, 7) is 0. The van der Waals surface area contributed by atoms with Gasteiger partial charge in [0.05, 0.1) is 10.5 Å². The normalized spacial score (nSPS) is 15.3. The Morgan fingerprint density at radius 3 is 1.87 bits per heavy atom. The van der Waals surface area contributed by atoms with Crippen molar-refractivity contribution < 1.29 is 26.0 Å². The summed E-state index contributed by atoms with van der Waals surface area (Å²) in [5.41, 5.74) is 2.18. The molecule has 0 aromatic heterocycles. The number of fused-ring (bicyclic) bond motifs is 1. The molecule has 0 aliphatic carbocycles. The highest BCUT2D eigenvalue weighted by molar-refractivity contribution is 7.90. The van der Waals surface area contributed by atoms with E-state index in [4.69, 9.17) is 0 Å². The summed E-state index contributed by atoms with van der Waals surface area (Å²) >= 11 is 0. The minimum absolute atomic E-state index is 0.0355. The first kappa shape index (κ1) is 20.2. The van der Waals surface area contributed by atoms with E-state index in [-0.39, 0.29) is 15.4 Å². The Morgan fingerprint density at radius 2 is 1.33 bits per heavy atom. The zero-order valence-electron chi connectivity index (χ0n) is 16.0. The van der Waals surface area contributed by atoms with Gasteiger partial charge in [0.2, 0.25) is 0 Å². The van der Waals surface area contributed by atoms with Crippen LogP contribution in [0.2, 0.25) is 0 Å². The number of carbonyl (C=O) groups excluding carboxylic acids is 1. The van der Waals surface area contributed by atoms with Gasteiger partial charge < -0.3 is 0 Å². The number of sulfonamides is 1. The predicted octanol–water partition coefficient (Wildman–Crippen LogP) is 3.34. The third-order valence-corrected chi connectivity index (χ3v) is 7.93. The second kappa shape index (κ2) is 6.75. The van der Waals surface area contributed by atoms with E-state index in [1.165, 1.54) is 55.6 Å². The first-order valence-electron chi connectivity index (χ1n) is 8.78. The van der Waals surface area contributed by atoms with Gasteiger partial charge in [-0.3, -0.25) is 4.79 Å². The largest absolute Gasteiger partial charge is 0.268 e. The van der Waals surface area contributed by atoms with Crippen molar-refractivity contribution in [2.75, 3.05) is 13.3 Å². The number of sulfone groups is 1. The van der Waals surface area contributed by atoms with Gasteiger partial charge in [-0.05, 0) is 58.7 Å². The molecule has 0 bridgehead atoms. The van der Waals surface area contributed by atoms with Gasteiger partial charge in [-0.2, -0.15) is 0 Å². The summed E-state index contributed by atoms with van der Waals surface area (Å²) in [6.07, 6.45) is 1.09. The quantitative estimate of drug-likeness (QED) is 0.617. The first-order chi connectivity index (χ1) is 14.0. The average molecular weight is 445 g/mol. The number of halogens is 1. The molecule has 0 N–H and O–H groups in total. The summed E-state index contributed by atoms with van der Waals surface area (Å²) in [7, 11) is -6.18. The van der Waals surface area contributed by atoms with Crippen LogP contribution in [0.3, 0.4) is 0 Å². The summed E-state index contributed by atoms with van der Waals surface area (Å²) in [5, 5.41) is 0. The van der Waals surface area contributed by atoms with E-state index in [2.05, 4.69) is 0 Å². The fourth-order valence-electron chi connectivity index (χ4n) is 3.38. The van der Waals surface area contributed by atoms with Gasteiger partial charge in [-0.15, -0.1) is 0 Å². The SMILES string of the molecule is CN1C(=O)c2cc(-c3ccc(F)cc3)c(-c3ccc(S(C)(=O)=O)cc3)cc2S1(=O)=O. The zero-order valence-corrected chi connectivity index (χ0v) is 17.6. The zero-order chi connectivity index (χ0) is 21.8. The molecule has 9 heteroatoms. The molecular formula is C21H16FNO5S2. The number of benzene rings is 3. The van der Waals surface area contributed by atoms with Gasteiger partial charge >= 0.3 is 0 Å². The van der Waals surface area contributed by atoms with Crippen LogP contribution in [0, 0.1) is 5.82 Å². The van der Waals surface area contributed by atoms with Crippen molar-refractivity contribution in [1.82, 2.24) is 4.31 Å². The van der Waals surface area contributed by atoms with E-state index in [0.717, 1.165) is 6.26 Å². The van der Waals surface area contributed by atoms with Crippen LogP contribution in [-0.4, -0.2) is 40.4 Å². The molecule has 0 saturated heterocycles. The standard InChI is InChI=1S/C21H16FNO5S2/c1-23-21(24)19-11-17(13-3-7-15(22)8-4-13)18(12-20(19)30(23,27)28)14-5-9-16(10-6-14)29(2,25)26/h3-12H,1-2H3. The summed E-state index contributed by atoms with van der Waals surface area (Å²) < 4.78 is 62.9. The fourth-order valence-corrected chi connectivity index (χ4v) is 5.31. The molecule has 1 aliphatic rings. The van der Waals surface area contributed by atoms with E-state index < -0.39 is 31.6 Å². The van der Waals surface area contributed by atoms with Crippen LogP contribution in [0.15, 0.2) is 70.5 Å². The highest BCUT2D eigenvalue weighted by Crippen LogP contribution is 2.40. The number of hydrogen-bond donors (Lipinski definition) is 0. The Balaban J connectivity index is 2.00. The molecule has 4 rings (SSSR count). The maximum atomic E-state index is 13.4. The molecule has 0 atom stereocenters. The van der Waals surface area contributed by atoms with Crippen molar-refractivity contribution in [3.8, 4) is 22.3 Å². The Kier molecular flexibility index (Phi) is 4.55. The minimum Gasteiger partial charge on any atom is -0.268 e. The second-order valence-corrected chi connectivity index (χ2v) is 10.9. The van der Waals surface area contributed by atoms with E-state index >= 15 is 0 Å². The van der Waals surface area contributed by atoms with E-state index in [1.807, 2.05) is 0 Å². The van der Waals surface area contributed by atoms with Gasteiger partial charge in [0, 0.05) is 13.3 Å². The summed E-state index contributed by atoms with van der Waals surface area (Å²) in [4.78, 5) is 12.5. The molecule has 0 radical (unpaired) electrons. The molecule has 0 fully saturated rings. The molecule has 0 spiro atoms. The van der Waals surface area contributed by atoms with Gasteiger partial charge in [-0.25, -0.2) is 25.5 Å². The van der Waals surface area contributed by atoms with E-state index in [1.54, 1.807) is 12.1 Å². The van der Waals surface area contributed by atoms with Gasteiger partial charge in [0.1, 0.15) is 10.7 Å². The molecule has 3 aromatic carbocycles.